The van der Waals surface area contributed by atoms with Crippen LogP contribution in [0.4, 0.5) is 0 Å². The summed E-state index contributed by atoms with van der Waals surface area (Å²) in [4.78, 5) is 12.6. The number of hydrogen-bond donors (Lipinski definition) is 0. The highest BCUT2D eigenvalue weighted by molar-refractivity contribution is 5.72. The van der Waals surface area contributed by atoms with E-state index < -0.39 is 5.60 Å². The Morgan fingerprint density at radius 2 is 1.84 bits per heavy atom. The third-order valence-corrected chi connectivity index (χ3v) is 6.62. The molecule has 0 aromatic carbocycles. The van der Waals surface area contributed by atoms with E-state index in [9.17, 15) is 4.79 Å². The summed E-state index contributed by atoms with van der Waals surface area (Å²) in [5, 5.41) is 0. The molecule has 0 aromatic rings. The number of ether oxygens (including phenoxy) is 1. The van der Waals surface area contributed by atoms with Crippen molar-refractivity contribution in [1.82, 2.24) is 0 Å². The zero-order valence-electron chi connectivity index (χ0n) is 18.0. The minimum Gasteiger partial charge on any atom is -0.458 e. The first-order valence-corrected chi connectivity index (χ1v) is 10.1. The molecule has 1 aliphatic carbocycles. The van der Waals surface area contributed by atoms with Crippen LogP contribution >= 0.6 is 0 Å². The van der Waals surface area contributed by atoms with Crippen molar-refractivity contribution in [3.8, 4) is 0 Å². The molecule has 0 spiro atoms. The van der Waals surface area contributed by atoms with Gasteiger partial charge in [-0.1, -0.05) is 80.0 Å². The molecule has 2 heteroatoms. The van der Waals surface area contributed by atoms with Crippen LogP contribution in [-0.4, -0.2) is 11.6 Å². The molecule has 0 heterocycles. The number of rotatable bonds is 7. The summed E-state index contributed by atoms with van der Waals surface area (Å²) in [6.45, 7) is 19.6. The first-order chi connectivity index (χ1) is 11.5. The van der Waals surface area contributed by atoms with E-state index in [2.05, 4.69) is 66.7 Å². The Morgan fingerprint density at radius 1 is 1.24 bits per heavy atom. The Kier molecular flexibility index (Phi) is 7.53. The molecule has 0 radical (unpaired) electrons. The van der Waals surface area contributed by atoms with Crippen LogP contribution < -0.4 is 0 Å². The molecule has 5 atom stereocenters. The van der Waals surface area contributed by atoms with E-state index in [0.717, 1.165) is 19.3 Å². The van der Waals surface area contributed by atoms with Gasteiger partial charge in [0.05, 0.1) is 5.92 Å². The molecule has 0 aliphatic heterocycles. The highest BCUT2D eigenvalue weighted by atomic mass is 16.6. The minimum atomic E-state index is -0.481. The van der Waals surface area contributed by atoms with Gasteiger partial charge in [0.1, 0.15) is 5.60 Å². The van der Waals surface area contributed by atoms with Gasteiger partial charge in [0.25, 0.3) is 0 Å². The smallest absolute Gasteiger partial charge is 0.309 e. The van der Waals surface area contributed by atoms with Crippen molar-refractivity contribution >= 4 is 5.97 Å². The van der Waals surface area contributed by atoms with Crippen LogP contribution in [0.1, 0.15) is 81.6 Å². The molecule has 144 valence electrons. The number of allylic oxidation sites excluding steroid dienone is 3. The second kappa shape index (κ2) is 8.56. The standard InChI is InChI=1S/C23H40O2/c1-10-17(5)12-13-20-14-18(6)15-22(8,23(20,9)16(3)4)25-21(24)19(7)11-2/h12-14,16-19H,10-11,15H2,1-9H3. The van der Waals surface area contributed by atoms with Gasteiger partial charge in [-0.3, -0.25) is 4.79 Å². The molecule has 0 bridgehead atoms. The number of carbonyl (C=O) groups excluding carboxylic acids is 1. The van der Waals surface area contributed by atoms with E-state index in [0.29, 0.717) is 17.8 Å². The Morgan fingerprint density at radius 3 is 2.32 bits per heavy atom. The van der Waals surface area contributed by atoms with Gasteiger partial charge < -0.3 is 4.74 Å². The predicted molar refractivity (Wildman–Crippen MR) is 107 cm³/mol. The molecule has 0 fully saturated rings. The Hall–Kier alpha value is -1.05. The predicted octanol–water partition coefficient (Wildman–Crippen LogP) is 6.57. The first kappa shape index (κ1) is 22.0. The van der Waals surface area contributed by atoms with E-state index in [1.807, 2.05) is 13.8 Å². The zero-order chi connectivity index (χ0) is 19.4. The maximum absolute atomic E-state index is 12.6. The summed E-state index contributed by atoms with van der Waals surface area (Å²) in [6.07, 6.45) is 9.82. The van der Waals surface area contributed by atoms with E-state index in [1.165, 1.54) is 5.57 Å². The van der Waals surface area contributed by atoms with Crippen LogP contribution in [0.5, 0.6) is 0 Å². The third kappa shape index (κ3) is 4.57. The lowest BCUT2D eigenvalue weighted by molar-refractivity contribution is -0.182. The fraction of sp³-hybridized carbons (Fsp3) is 0.783. The Labute approximate surface area is 156 Å². The van der Waals surface area contributed by atoms with Crippen molar-refractivity contribution in [2.24, 2.45) is 29.1 Å². The van der Waals surface area contributed by atoms with Crippen molar-refractivity contribution in [1.29, 1.82) is 0 Å². The Bertz CT molecular complexity index is 516. The molecule has 1 aliphatic rings. The number of carbonyl (C=O) groups is 1. The molecular weight excluding hydrogens is 308 g/mol. The zero-order valence-corrected chi connectivity index (χ0v) is 18.0. The quantitative estimate of drug-likeness (QED) is 0.487. The van der Waals surface area contributed by atoms with Gasteiger partial charge in [0.15, 0.2) is 0 Å². The molecule has 0 amide bonds. The van der Waals surface area contributed by atoms with E-state index in [-0.39, 0.29) is 17.3 Å². The van der Waals surface area contributed by atoms with Crippen molar-refractivity contribution in [2.75, 3.05) is 0 Å². The summed E-state index contributed by atoms with van der Waals surface area (Å²) in [6, 6.07) is 0. The molecule has 0 saturated heterocycles. The third-order valence-electron chi connectivity index (χ3n) is 6.62. The maximum Gasteiger partial charge on any atom is 0.309 e. The van der Waals surface area contributed by atoms with Crippen LogP contribution in [-0.2, 0) is 9.53 Å². The molecule has 5 unspecified atom stereocenters. The molecule has 25 heavy (non-hydrogen) atoms. The summed E-state index contributed by atoms with van der Waals surface area (Å²) >= 11 is 0. The summed E-state index contributed by atoms with van der Waals surface area (Å²) in [7, 11) is 0. The largest absolute Gasteiger partial charge is 0.458 e. The summed E-state index contributed by atoms with van der Waals surface area (Å²) < 4.78 is 6.23. The van der Waals surface area contributed by atoms with Crippen LogP contribution in [0.25, 0.3) is 0 Å². The highest BCUT2D eigenvalue weighted by Crippen LogP contribution is 2.54. The van der Waals surface area contributed by atoms with E-state index >= 15 is 0 Å². The lowest BCUT2D eigenvalue weighted by atomic mass is 9.56. The van der Waals surface area contributed by atoms with Crippen molar-refractivity contribution in [3.63, 3.8) is 0 Å². The van der Waals surface area contributed by atoms with E-state index in [4.69, 9.17) is 4.74 Å². The number of esters is 1. The molecule has 2 nitrogen and oxygen atoms in total. The van der Waals surface area contributed by atoms with Crippen LogP contribution in [0, 0.1) is 29.1 Å². The fourth-order valence-corrected chi connectivity index (χ4v) is 3.88. The van der Waals surface area contributed by atoms with Crippen LogP contribution in [0.15, 0.2) is 23.8 Å². The minimum absolute atomic E-state index is 0.0476. The maximum atomic E-state index is 12.6. The van der Waals surface area contributed by atoms with Gasteiger partial charge in [-0.2, -0.15) is 0 Å². The number of hydrogen-bond acceptors (Lipinski definition) is 2. The average molecular weight is 349 g/mol. The normalized spacial score (nSPS) is 32.6. The second-order valence-corrected chi connectivity index (χ2v) is 8.87. The lowest BCUT2D eigenvalue weighted by Crippen LogP contribution is -2.54. The highest BCUT2D eigenvalue weighted by Gasteiger charge is 2.54. The first-order valence-electron chi connectivity index (χ1n) is 10.1. The van der Waals surface area contributed by atoms with E-state index in [1.54, 1.807) is 0 Å². The van der Waals surface area contributed by atoms with Gasteiger partial charge in [-0.25, -0.2) is 0 Å². The van der Waals surface area contributed by atoms with Crippen molar-refractivity contribution in [3.05, 3.63) is 23.8 Å². The average Bonchev–Trinajstić information content (AvgIpc) is 2.54. The monoisotopic (exact) mass is 348 g/mol. The molecule has 0 saturated carbocycles. The Balaban J connectivity index is 3.32. The van der Waals surface area contributed by atoms with Gasteiger partial charge in [0, 0.05) is 5.41 Å². The van der Waals surface area contributed by atoms with Gasteiger partial charge in [-0.15, -0.1) is 0 Å². The van der Waals surface area contributed by atoms with Crippen molar-refractivity contribution in [2.45, 2.75) is 87.2 Å². The summed E-state index contributed by atoms with van der Waals surface area (Å²) in [5.74, 6) is 1.23. The lowest BCUT2D eigenvalue weighted by Gasteiger charge is -2.53. The summed E-state index contributed by atoms with van der Waals surface area (Å²) in [5.41, 5.74) is 0.651. The molecule has 1 rings (SSSR count). The molecular formula is C23H40O2. The molecule has 0 N–H and O–H groups in total. The van der Waals surface area contributed by atoms with Crippen LogP contribution in [0.3, 0.4) is 0 Å². The molecule has 0 aromatic heterocycles. The SMILES string of the molecule is CCC(C)C=CC1=CC(C)CC(C)(OC(=O)C(C)CC)C1(C)C(C)C. The van der Waals surface area contributed by atoms with Crippen molar-refractivity contribution < 1.29 is 9.53 Å². The topological polar surface area (TPSA) is 26.3 Å². The van der Waals surface area contributed by atoms with Gasteiger partial charge >= 0.3 is 5.97 Å². The second-order valence-electron chi connectivity index (χ2n) is 8.87. The fourth-order valence-electron chi connectivity index (χ4n) is 3.88. The van der Waals surface area contributed by atoms with Gasteiger partial charge in [-0.05, 0) is 43.1 Å². The van der Waals surface area contributed by atoms with Gasteiger partial charge in [0.2, 0.25) is 0 Å². The van der Waals surface area contributed by atoms with Crippen LogP contribution in [0.2, 0.25) is 0 Å².